The van der Waals surface area contributed by atoms with Crippen LogP contribution in [0, 0.1) is 13.8 Å². The van der Waals surface area contributed by atoms with Crippen molar-refractivity contribution >= 4 is 11.6 Å². The summed E-state index contributed by atoms with van der Waals surface area (Å²) in [7, 11) is 1.50. The van der Waals surface area contributed by atoms with E-state index < -0.39 is 0 Å². The Morgan fingerprint density at radius 2 is 1.91 bits per heavy atom. The lowest BCUT2D eigenvalue weighted by molar-refractivity contribution is 0.0704. The van der Waals surface area contributed by atoms with Gasteiger partial charge in [-0.05, 0) is 36.2 Å². The monoisotopic (exact) mass is 315 g/mol. The van der Waals surface area contributed by atoms with Gasteiger partial charge in [-0.1, -0.05) is 12.1 Å². The Bertz CT molecular complexity index is 703. The van der Waals surface area contributed by atoms with Gasteiger partial charge in [0.15, 0.2) is 0 Å². The number of amides is 1. The van der Waals surface area contributed by atoms with E-state index in [1.54, 1.807) is 4.90 Å². The molecular weight excluding hydrogens is 294 g/mol. The van der Waals surface area contributed by atoms with Crippen LogP contribution in [0.3, 0.4) is 0 Å². The number of piperazine rings is 1. The molecule has 0 N–H and O–H groups in total. The molecule has 0 aliphatic carbocycles. The number of aryl methyl sites for hydroxylation is 2. The molecule has 1 amide bonds. The molecule has 0 saturated carbocycles. The van der Waals surface area contributed by atoms with Crippen molar-refractivity contribution in [3.63, 3.8) is 0 Å². The van der Waals surface area contributed by atoms with Crippen LogP contribution in [0.25, 0.3) is 0 Å². The maximum absolute atomic E-state index is 12.4. The summed E-state index contributed by atoms with van der Waals surface area (Å²) in [5.41, 5.74) is 3.76. The number of ether oxygens (including phenoxy) is 1. The minimum Gasteiger partial charge on any atom is -0.479 e. The van der Waals surface area contributed by atoms with Crippen molar-refractivity contribution in [2.75, 3.05) is 38.2 Å². The number of carbonyl (C=O) groups excluding carboxylic acids is 1. The van der Waals surface area contributed by atoms with E-state index in [1.807, 2.05) is 0 Å². The first-order valence-corrected chi connectivity index (χ1v) is 7.70. The maximum Gasteiger partial charge on any atom is 0.292 e. The van der Waals surface area contributed by atoms with Crippen LogP contribution in [0.5, 0.6) is 5.88 Å². The van der Waals surface area contributed by atoms with Gasteiger partial charge in [0.25, 0.3) is 11.8 Å². The van der Waals surface area contributed by atoms with E-state index in [2.05, 4.69) is 42.1 Å². The van der Waals surface area contributed by atoms with Crippen LogP contribution in [0.2, 0.25) is 0 Å². The SMILES string of the molecule is COc1cc(C(=O)N2CCN(c3cc(C)ccc3C)CC2)on1. The van der Waals surface area contributed by atoms with Gasteiger partial charge < -0.3 is 19.1 Å². The second-order valence-corrected chi connectivity index (χ2v) is 5.80. The highest BCUT2D eigenvalue weighted by atomic mass is 16.5. The van der Waals surface area contributed by atoms with Crippen LogP contribution in [0.1, 0.15) is 21.7 Å². The first-order valence-electron chi connectivity index (χ1n) is 7.70. The predicted octanol–water partition coefficient (Wildman–Crippen LogP) is 2.26. The van der Waals surface area contributed by atoms with Gasteiger partial charge in [-0.15, -0.1) is 0 Å². The normalized spacial score (nSPS) is 14.9. The smallest absolute Gasteiger partial charge is 0.292 e. The summed E-state index contributed by atoms with van der Waals surface area (Å²) in [4.78, 5) is 16.5. The van der Waals surface area contributed by atoms with E-state index in [0.717, 1.165) is 13.1 Å². The van der Waals surface area contributed by atoms with Crippen molar-refractivity contribution in [1.29, 1.82) is 0 Å². The Balaban J connectivity index is 1.66. The number of carbonyl (C=O) groups is 1. The minimum absolute atomic E-state index is 0.138. The van der Waals surface area contributed by atoms with E-state index in [1.165, 1.54) is 30.0 Å². The van der Waals surface area contributed by atoms with E-state index in [-0.39, 0.29) is 11.7 Å². The van der Waals surface area contributed by atoms with Gasteiger partial charge in [0.2, 0.25) is 5.76 Å². The summed E-state index contributed by atoms with van der Waals surface area (Å²) in [5, 5.41) is 3.68. The summed E-state index contributed by atoms with van der Waals surface area (Å²) >= 11 is 0. The average Bonchev–Trinajstić information content (AvgIpc) is 3.06. The highest BCUT2D eigenvalue weighted by Crippen LogP contribution is 2.23. The molecule has 0 radical (unpaired) electrons. The molecule has 0 bridgehead atoms. The highest BCUT2D eigenvalue weighted by molar-refractivity contribution is 5.91. The molecule has 2 aromatic rings. The van der Waals surface area contributed by atoms with Gasteiger partial charge in [-0.25, -0.2) is 0 Å². The number of aromatic nitrogens is 1. The Morgan fingerprint density at radius 3 is 2.57 bits per heavy atom. The van der Waals surface area contributed by atoms with E-state index in [9.17, 15) is 4.79 Å². The largest absolute Gasteiger partial charge is 0.479 e. The summed E-state index contributed by atoms with van der Waals surface area (Å²) < 4.78 is 9.98. The first kappa shape index (κ1) is 15.4. The fraction of sp³-hybridized carbons (Fsp3) is 0.412. The van der Waals surface area contributed by atoms with Gasteiger partial charge in [0.1, 0.15) is 0 Å². The summed E-state index contributed by atoms with van der Waals surface area (Å²) in [6, 6.07) is 7.99. The molecule has 122 valence electrons. The van der Waals surface area contributed by atoms with E-state index in [0.29, 0.717) is 19.0 Å². The van der Waals surface area contributed by atoms with Crippen molar-refractivity contribution in [2.45, 2.75) is 13.8 Å². The second-order valence-electron chi connectivity index (χ2n) is 5.80. The molecule has 0 spiro atoms. The average molecular weight is 315 g/mol. The Labute approximate surface area is 135 Å². The quantitative estimate of drug-likeness (QED) is 0.869. The highest BCUT2D eigenvalue weighted by Gasteiger charge is 2.25. The fourth-order valence-electron chi connectivity index (χ4n) is 2.82. The molecule has 0 unspecified atom stereocenters. The molecule has 1 aromatic carbocycles. The summed E-state index contributed by atoms with van der Waals surface area (Å²) in [5.74, 6) is 0.408. The molecule has 1 aliphatic heterocycles. The number of hydrogen-bond donors (Lipinski definition) is 0. The molecule has 2 heterocycles. The predicted molar refractivity (Wildman–Crippen MR) is 87.1 cm³/mol. The van der Waals surface area contributed by atoms with Gasteiger partial charge in [-0.2, -0.15) is 0 Å². The Hall–Kier alpha value is -2.50. The van der Waals surface area contributed by atoms with Crippen molar-refractivity contribution in [1.82, 2.24) is 10.1 Å². The van der Waals surface area contributed by atoms with Crippen LogP contribution in [0.15, 0.2) is 28.8 Å². The molecule has 23 heavy (non-hydrogen) atoms. The lowest BCUT2D eigenvalue weighted by Gasteiger charge is -2.36. The van der Waals surface area contributed by atoms with Crippen molar-refractivity contribution in [2.24, 2.45) is 0 Å². The lowest BCUT2D eigenvalue weighted by atomic mass is 10.1. The Morgan fingerprint density at radius 1 is 1.17 bits per heavy atom. The third-order valence-corrected chi connectivity index (χ3v) is 4.18. The second kappa shape index (κ2) is 6.32. The van der Waals surface area contributed by atoms with Crippen molar-refractivity contribution < 1.29 is 14.1 Å². The molecule has 0 atom stereocenters. The maximum atomic E-state index is 12.4. The topological polar surface area (TPSA) is 58.8 Å². The van der Waals surface area contributed by atoms with Gasteiger partial charge in [0, 0.05) is 31.9 Å². The van der Waals surface area contributed by atoms with Gasteiger partial charge in [-0.3, -0.25) is 4.79 Å². The standard InChI is InChI=1S/C17H21N3O3/c1-12-4-5-13(2)14(10-12)19-6-8-20(9-7-19)17(21)15-11-16(22-3)18-23-15/h4-5,10-11H,6-9H2,1-3H3. The van der Waals surface area contributed by atoms with Gasteiger partial charge in [0.05, 0.1) is 13.2 Å². The lowest BCUT2D eigenvalue weighted by Crippen LogP contribution is -2.49. The number of methoxy groups -OCH3 is 1. The minimum atomic E-state index is -0.138. The van der Waals surface area contributed by atoms with Crippen LogP contribution >= 0.6 is 0 Å². The van der Waals surface area contributed by atoms with Crippen molar-refractivity contribution in [3.05, 3.63) is 41.2 Å². The number of anilines is 1. The zero-order valence-electron chi connectivity index (χ0n) is 13.7. The van der Waals surface area contributed by atoms with Crippen LogP contribution in [-0.2, 0) is 0 Å². The van der Waals surface area contributed by atoms with E-state index in [4.69, 9.17) is 9.26 Å². The molecule has 3 rings (SSSR count). The molecule has 6 heteroatoms. The number of nitrogens with zero attached hydrogens (tertiary/aromatic N) is 3. The molecule has 1 fully saturated rings. The molecule has 1 saturated heterocycles. The molecule has 6 nitrogen and oxygen atoms in total. The third-order valence-electron chi connectivity index (χ3n) is 4.18. The zero-order chi connectivity index (χ0) is 16.4. The van der Waals surface area contributed by atoms with Crippen LogP contribution < -0.4 is 9.64 Å². The fourth-order valence-corrected chi connectivity index (χ4v) is 2.82. The Kier molecular flexibility index (Phi) is 4.23. The third kappa shape index (κ3) is 3.16. The molecule has 1 aromatic heterocycles. The number of benzene rings is 1. The summed E-state index contributed by atoms with van der Waals surface area (Å²) in [6.07, 6.45) is 0. The zero-order valence-corrected chi connectivity index (χ0v) is 13.7. The molecule has 1 aliphatic rings. The van der Waals surface area contributed by atoms with E-state index >= 15 is 0 Å². The van der Waals surface area contributed by atoms with Crippen molar-refractivity contribution in [3.8, 4) is 5.88 Å². The van der Waals surface area contributed by atoms with Gasteiger partial charge >= 0.3 is 0 Å². The van der Waals surface area contributed by atoms with Crippen LogP contribution in [-0.4, -0.2) is 49.3 Å². The number of rotatable bonds is 3. The summed E-state index contributed by atoms with van der Waals surface area (Å²) in [6.45, 7) is 7.15. The number of hydrogen-bond acceptors (Lipinski definition) is 5. The van der Waals surface area contributed by atoms with Crippen LogP contribution in [0.4, 0.5) is 5.69 Å². The molecular formula is C17H21N3O3. The first-order chi connectivity index (χ1) is 11.1.